The van der Waals surface area contributed by atoms with Crippen LogP contribution >= 0.6 is 0 Å². The first-order chi connectivity index (χ1) is 12.1. The van der Waals surface area contributed by atoms with Gasteiger partial charge in [-0.1, -0.05) is 24.3 Å². The highest BCUT2D eigenvalue weighted by Gasteiger charge is 2.05. The van der Waals surface area contributed by atoms with Gasteiger partial charge in [0, 0.05) is 18.8 Å². The number of carbonyl (C=O) groups is 1. The fraction of sp³-hybridized carbons (Fsp3) is 0.263. The number of para-hydroxylation sites is 1. The minimum Gasteiger partial charge on any atom is -0.481 e. The normalized spacial score (nSPS) is 10.7. The molecule has 6 heteroatoms. The molecule has 0 saturated heterocycles. The molecule has 2 aromatic carbocycles. The van der Waals surface area contributed by atoms with Gasteiger partial charge >= 0.3 is 0 Å². The lowest BCUT2D eigenvalue weighted by Crippen LogP contribution is -2.24. The van der Waals surface area contributed by atoms with Gasteiger partial charge < -0.3 is 9.64 Å². The molecule has 0 radical (unpaired) electrons. The molecule has 0 aromatic heterocycles. The Balaban J connectivity index is 1.82. The number of benzene rings is 2. The van der Waals surface area contributed by atoms with Gasteiger partial charge in [0.1, 0.15) is 0 Å². The fourth-order valence-electron chi connectivity index (χ4n) is 2.28. The van der Waals surface area contributed by atoms with Crippen molar-refractivity contribution in [2.24, 2.45) is 5.10 Å². The Kier molecular flexibility index (Phi) is 6.95. The van der Waals surface area contributed by atoms with Crippen molar-refractivity contribution in [2.75, 3.05) is 24.6 Å². The molecule has 0 heterocycles. The van der Waals surface area contributed by atoms with E-state index < -0.39 is 11.7 Å². The second kappa shape index (κ2) is 9.42. The minimum absolute atomic E-state index is 0.0358. The van der Waals surface area contributed by atoms with Crippen LogP contribution in [0.15, 0.2) is 53.6 Å². The molecule has 0 unspecified atom stereocenters. The Morgan fingerprint density at radius 2 is 1.84 bits per heavy atom. The predicted molar refractivity (Wildman–Crippen MR) is 97.6 cm³/mol. The Hall–Kier alpha value is -2.89. The van der Waals surface area contributed by atoms with Crippen LogP contribution in [0.1, 0.15) is 19.4 Å². The number of halogens is 1. The summed E-state index contributed by atoms with van der Waals surface area (Å²) < 4.78 is 18.5. The first kappa shape index (κ1) is 18.4. The smallest absolute Gasteiger partial charge is 0.277 e. The van der Waals surface area contributed by atoms with Crippen molar-refractivity contribution >= 4 is 17.8 Å². The Morgan fingerprint density at radius 3 is 2.48 bits per heavy atom. The molecule has 1 N–H and O–H groups in total. The number of nitrogens with one attached hydrogen (secondary N) is 1. The van der Waals surface area contributed by atoms with Gasteiger partial charge in [0.25, 0.3) is 5.91 Å². The maximum absolute atomic E-state index is 13.4. The Labute approximate surface area is 147 Å². The number of hydrogen-bond donors (Lipinski definition) is 1. The Morgan fingerprint density at radius 1 is 1.16 bits per heavy atom. The van der Waals surface area contributed by atoms with E-state index in [1.54, 1.807) is 18.3 Å². The summed E-state index contributed by atoms with van der Waals surface area (Å²) >= 11 is 0. The average molecular weight is 343 g/mol. The highest BCUT2D eigenvalue weighted by atomic mass is 19.1. The molecule has 2 aromatic rings. The molecule has 5 nitrogen and oxygen atoms in total. The third-order valence-electron chi connectivity index (χ3n) is 3.62. The van der Waals surface area contributed by atoms with Crippen molar-refractivity contribution in [1.82, 2.24) is 5.43 Å². The van der Waals surface area contributed by atoms with Crippen LogP contribution < -0.4 is 15.1 Å². The van der Waals surface area contributed by atoms with Crippen LogP contribution in [0, 0.1) is 5.82 Å². The fourth-order valence-corrected chi connectivity index (χ4v) is 2.28. The Bertz CT molecular complexity index is 713. The van der Waals surface area contributed by atoms with Crippen LogP contribution in [0.5, 0.6) is 5.75 Å². The molecule has 0 atom stereocenters. The molecule has 0 fully saturated rings. The van der Waals surface area contributed by atoms with Gasteiger partial charge in [-0.25, -0.2) is 9.82 Å². The van der Waals surface area contributed by atoms with Gasteiger partial charge in [0.2, 0.25) is 0 Å². The van der Waals surface area contributed by atoms with E-state index in [0.29, 0.717) is 0 Å². The maximum Gasteiger partial charge on any atom is 0.277 e. The largest absolute Gasteiger partial charge is 0.481 e. The summed E-state index contributed by atoms with van der Waals surface area (Å²) in [5.41, 5.74) is 4.36. The standard InChI is InChI=1S/C19H22FN3O2/c1-3-23(4-2)16-11-9-15(10-12-16)13-21-22-19(24)14-25-18-8-6-5-7-17(18)20/h5-13H,3-4,14H2,1-2H3,(H,22,24). The zero-order valence-corrected chi connectivity index (χ0v) is 14.4. The van der Waals surface area contributed by atoms with Gasteiger partial charge in [-0.05, 0) is 43.7 Å². The van der Waals surface area contributed by atoms with Crippen molar-refractivity contribution in [1.29, 1.82) is 0 Å². The van der Waals surface area contributed by atoms with Crippen molar-refractivity contribution in [3.63, 3.8) is 0 Å². The second-order valence-corrected chi connectivity index (χ2v) is 5.28. The topological polar surface area (TPSA) is 53.9 Å². The van der Waals surface area contributed by atoms with Crippen LogP contribution in [-0.2, 0) is 4.79 Å². The highest BCUT2D eigenvalue weighted by Crippen LogP contribution is 2.15. The summed E-state index contributed by atoms with van der Waals surface area (Å²) in [7, 11) is 0. The van der Waals surface area contributed by atoms with E-state index in [4.69, 9.17) is 4.74 Å². The lowest BCUT2D eigenvalue weighted by atomic mass is 10.2. The summed E-state index contributed by atoms with van der Waals surface area (Å²) in [4.78, 5) is 13.9. The summed E-state index contributed by atoms with van der Waals surface area (Å²) in [5.74, 6) is -0.931. The molecule has 0 saturated carbocycles. The lowest BCUT2D eigenvalue weighted by Gasteiger charge is -2.20. The first-order valence-electron chi connectivity index (χ1n) is 8.18. The third-order valence-corrected chi connectivity index (χ3v) is 3.62. The van der Waals surface area contributed by atoms with E-state index in [2.05, 4.69) is 29.3 Å². The minimum atomic E-state index is -0.507. The van der Waals surface area contributed by atoms with Crippen LogP contribution in [0.4, 0.5) is 10.1 Å². The van der Waals surface area contributed by atoms with E-state index in [0.717, 1.165) is 24.3 Å². The van der Waals surface area contributed by atoms with Gasteiger partial charge in [0.05, 0.1) is 6.21 Å². The van der Waals surface area contributed by atoms with E-state index in [1.165, 1.54) is 12.1 Å². The van der Waals surface area contributed by atoms with E-state index in [9.17, 15) is 9.18 Å². The van der Waals surface area contributed by atoms with Gasteiger partial charge in [0.15, 0.2) is 18.2 Å². The van der Waals surface area contributed by atoms with Crippen molar-refractivity contribution in [3.05, 3.63) is 59.9 Å². The van der Waals surface area contributed by atoms with Crippen molar-refractivity contribution in [2.45, 2.75) is 13.8 Å². The number of anilines is 1. The third kappa shape index (κ3) is 5.60. The number of hydrazone groups is 1. The number of rotatable bonds is 8. The molecule has 0 aliphatic heterocycles. The number of nitrogens with zero attached hydrogens (tertiary/aromatic N) is 2. The molecule has 0 aliphatic rings. The maximum atomic E-state index is 13.4. The van der Waals surface area contributed by atoms with E-state index >= 15 is 0 Å². The number of ether oxygens (including phenoxy) is 1. The quantitative estimate of drug-likeness (QED) is 0.591. The van der Waals surface area contributed by atoms with Crippen LogP contribution in [0.3, 0.4) is 0 Å². The second-order valence-electron chi connectivity index (χ2n) is 5.28. The monoisotopic (exact) mass is 343 g/mol. The number of hydrogen-bond acceptors (Lipinski definition) is 4. The highest BCUT2D eigenvalue weighted by molar-refractivity contribution is 5.83. The van der Waals surface area contributed by atoms with Crippen LogP contribution in [0.25, 0.3) is 0 Å². The summed E-state index contributed by atoms with van der Waals surface area (Å²) in [5, 5.41) is 3.88. The average Bonchev–Trinajstić information content (AvgIpc) is 2.63. The molecular weight excluding hydrogens is 321 g/mol. The zero-order chi connectivity index (χ0) is 18.1. The molecule has 25 heavy (non-hydrogen) atoms. The number of amides is 1. The van der Waals surface area contributed by atoms with Gasteiger partial charge in [-0.15, -0.1) is 0 Å². The summed E-state index contributed by atoms with van der Waals surface area (Å²) in [6, 6.07) is 13.8. The van der Waals surface area contributed by atoms with Crippen molar-refractivity contribution < 1.29 is 13.9 Å². The summed E-state index contributed by atoms with van der Waals surface area (Å²) in [6.07, 6.45) is 1.55. The van der Waals surface area contributed by atoms with Crippen molar-refractivity contribution in [3.8, 4) is 5.75 Å². The molecule has 0 aliphatic carbocycles. The number of carbonyl (C=O) groups excluding carboxylic acids is 1. The zero-order valence-electron chi connectivity index (χ0n) is 14.4. The first-order valence-corrected chi connectivity index (χ1v) is 8.18. The predicted octanol–water partition coefficient (Wildman–Crippen LogP) is 3.20. The lowest BCUT2D eigenvalue weighted by molar-refractivity contribution is -0.123. The van der Waals surface area contributed by atoms with Gasteiger partial charge in [-0.2, -0.15) is 5.10 Å². The van der Waals surface area contributed by atoms with E-state index in [-0.39, 0.29) is 12.4 Å². The molecular formula is C19H22FN3O2. The SMILES string of the molecule is CCN(CC)c1ccc(C=NNC(=O)COc2ccccc2F)cc1. The molecule has 1 amide bonds. The van der Waals surface area contributed by atoms with E-state index in [1.807, 2.05) is 24.3 Å². The molecule has 2 rings (SSSR count). The molecule has 132 valence electrons. The van der Waals surface area contributed by atoms with Gasteiger partial charge in [-0.3, -0.25) is 4.79 Å². The molecule has 0 spiro atoms. The van der Waals surface area contributed by atoms with Crippen LogP contribution in [0.2, 0.25) is 0 Å². The summed E-state index contributed by atoms with van der Waals surface area (Å²) in [6.45, 7) is 5.80. The van der Waals surface area contributed by atoms with Crippen LogP contribution in [-0.4, -0.2) is 31.8 Å². The molecule has 0 bridgehead atoms.